The normalized spacial score (nSPS) is 36.0. The maximum absolute atomic E-state index is 11.7. The Bertz CT molecular complexity index is 456. The Morgan fingerprint density at radius 3 is 2.52 bits per heavy atom. The third-order valence-electron chi connectivity index (χ3n) is 5.80. The van der Waals surface area contributed by atoms with E-state index in [2.05, 4.69) is 15.9 Å². The number of ether oxygens (including phenoxy) is 1. The summed E-state index contributed by atoms with van der Waals surface area (Å²) in [6.07, 6.45) is 11.1. The van der Waals surface area contributed by atoms with Crippen LogP contribution in [0.25, 0.3) is 0 Å². The molecule has 5 heteroatoms. The van der Waals surface area contributed by atoms with E-state index in [0.717, 1.165) is 18.2 Å². The molecule has 122 valence electrons. The summed E-state index contributed by atoms with van der Waals surface area (Å²) in [7, 11) is -2.77. The molecule has 1 saturated carbocycles. The van der Waals surface area contributed by atoms with Crippen molar-refractivity contribution in [1.29, 1.82) is 0 Å². The van der Waals surface area contributed by atoms with Crippen LogP contribution in [-0.4, -0.2) is 37.0 Å². The summed E-state index contributed by atoms with van der Waals surface area (Å²) < 4.78 is 29.9. The molecule has 3 unspecified atom stereocenters. The molecule has 3 fully saturated rings. The van der Waals surface area contributed by atoms with E-state index in [1.54, 1.807) is 0 Å². The molecule has 3 atom stereocenters. The highest BCUT2D eigenvalue weighted by molar-refractivity contribution is 9.09. The molecule has 3 nitrogen and oxygen atoms in total. The Hall–Kier alpha value is 0.390. The number of hydrogen-bond acceptors (Lipinski definition) is 3. The zero-order chi connectivity index (χ0) is 14.9. The number of halogens is 1. The lowest BCUT2D eigenvalue weighted by Crippen LogP contribution is -2.32. The van der Waals surface area contributed by atoms with Crippen molar-refractivity contribution in [3.63, 3.8) is 0 Å². The van der Waals surface area contributed by atoms with Gasteiger partial charge in [-0.1, -0.05) is 35.2 Å². The molecule has 2 heterocycles. The lowest BCUT2D eigenvalue weighted by Gasteiger charge is -2.34. The van der Waals surface area contributed by atoms with Crippen molar-refractivity contribution in [1.82, 2.24) is 0 Å². The van der Waals surface area contributed by atoms with Gasteiger partial charge in [-0.15, -0.1) is 0 Å². The van der Waals surface area contributed by atoms with Crippen LogP contribution < -0.4 is 0 Å². The average molecular weight is 379 g/mol. The van der Waals surface area contributed by atoms with Gasteiger partial charge < -0.3 is 4.74 Å². The summed E-state index contributed by atoms with van der Waals surface area (Å²) in [5.74, 6) is 1.56. The molecule has 2 aliphatic heterocycles. The molecule has 0 N–H and O–H groups in total. The first-order chi connectivity index (χ1) is 10.0. The van der Waals surface area contributed by atoms with Crippen LogP contribution in [0.4, 0.5) is 0 Å². The van der Waals surface area contributed by atoms with E-state index in [9.17, 15) is 8.42 Å². The maximum Gasteiger partial charge on any atom is 0.150 e. The standard InChI is InChI=1S/C16H27BrO3S/c17-11-14(13-5-9-21(18,19)12-13)10-15-4-8-16(20-15)6-2-1-3-7-16/h13-15H,1-12H2. The zero-order valence-electron chi connectivity index (χ0n) is 12.7. The van der Waals surface area contributed by atoms with Gasteiger partial charge in [-0.3, -0.25) is 0 Å². The predicted octanol–water partition coefficient (Wildman–Crippen LogP) is 3.70. The Morgan fingerprint density at radius 2 is 1.90 bits per heavy atom. The SMILES string of the molecule is O=S1(=O)CCC(C(CBr)CC2CCC3(CCCCC3)O2)C1. The maximum atomic E-state index is 11.7. The molecular formula is C16H27BrO3S. The van der Waals surface area contributed by atoms with Gasteiger partial charge >= 0.3 is 0 Å². The first-order valence-corrected chi connectivity index (χ1v) is 11.4. The third-order valence-corrected chi connectivity index (χ3v) is 8.43. The largest absolute Gasteiger partial charge is 0.372 e. The lowest BCUT2D eigenvalue weighted by molar-refractivity contribution is -0.0705. The summed E-state index contributed by atoms with van der Waals surface area (Å²) in [5.41, 5.74) is 0.182. The van der Waals surface area contributed by atoms with E-state index in [4.69, 9.17) is 4.74 Å². The highest BCUT2D eigenvalue weighted by Crippen LogP contribution is 2.44. The Morgan fingerprint density at radius 1 is 1.14 bits per heavy atom. The minimum atomic E-state index is -2.77. The first kappa shape index (κ1) is 16.3. The number of rotatable bonds is 4. The molecular weight excluding hydrogens is 352 g/mol. The number of alkyl halides is 1. The minimum absolute atomic E-state index is 0.182. The second kappa shape index (κ2) is 6.48. The van der Waals surface area contributed by atoms with E-state index in [-0.39, 0.29) is 5.60 Å². The third kappa shape index (κ3) is 3.84. The molecule has 3 aliphatic rings. The van der Waals surface area contributed by atoms with Gasteiger partial charge in [0, 0.05) is 5.33 Å². The molecule has 1 spiro atoms. The molecule has 3 rings (SSSR count). The predicted molar refractivity (Wildman–Crippen MR) is 88.6 cm³/mol. The molecule has 21 heavy (non-hydrogen) atoms. The molecule has 0 aromatic rings. The first-order valence-electron chi connectivity index (χ1n) is 8.46. The van der Waals surface area contributed by atoms with Crippen molar-refractivity contribution in [3.8, 4) is 0 Å². The van der Waals surface area contributed by atoms with Crippen molar-refractivity contribution in [3.05, 3.63) is 0 Å². The van der Waals surface area contributed by atoms with Crippen molar-refractivity contribution in [2.24, 2.45) is 11.8 Å². The zero-order valence-corrected chi connectivity index (χ0v) is 15.1. The van der Waals surface area contributed by atoms with Gasteiger partial charge in [0.15, 0.2) is 9.84 Å². The van der Waals surface area contributed by atoms with Gasteiger partial charge in [-0.2, -0.15) is 0 Å². The van der Waals surface area contributed by atoms with Crippen molar-refractivity contribution >= 4 is 25.8 Å². The summed E-state index contributed by atoms with van der Waals surface area (Å²) in [5, 5.41) is 0.903. The van der Waals surface area contributed by atoms with Crippen molar-refractivity contribution < 1.29 is 13.2 Å². The number of hydrogen-bond donors (Lipinski definition) is 0. The Kier molecular flexibility index (Phi) is 5.02. The van der Waals surface area contributed by atoms with Gasteiger partial charge in [0.2, 0.25) is 0 Å². The average Bonchev–Trinajstić information content (AvgIpc) is 3.01. The van der Waals surface area contributed by atoms with Crippen LogP contribution in [0.2, 0.25) is 0 Å². The van der Waals surface area contributed by atoms with E-state index in [1.807, 2.05) is 0 Å². The van der Waals surface area contributed by atoms with Crippen LogP contribution in [0.5, 0.6) is 0 Å². The van der Waals surface area contributed by atoms with E-state index in [0.29, 0.717) is 29.4 Å². The number of sulfone groups is 1. The summed E-state index contributed by atoms with van der Waals surface area (Å²) in [6, 6.07) is 0. The molecule has 1 aliphatic carbocycles. The summed E-state index contributed by atoms with van der Waals surface area (Å²) in [4.78, 5) is 0. The van der Waals surface area contributed by atoms with Crippen LogP contribution in [0, 0.1) is 11.8 Å². The van der Waals surface area contributed by atoms with Crippen LogP contribution in [0.15, 0.2) is 0 Å². The summed E-state index contributed by atoms with van der Waals surface area (Å²) in [6.45, 7) is 0. The van der Waals surface area contributed by atoms with Gasteiger partial charge in [-0.05, 0) is 50.4 Å². The molecule has 0 aromatic carbocycles. The van der Waals surface area contributed by atoms with Crippen molar-refractivity contribution in [2.75, 3.05) is 16.8 Å². The second-order valence-corrected chi connectivity index (χ2v) is 10.2. The van der Waals surface area contributed by atoms with Gasteiger partial charge in [0.05, 0.1) is 23.2 Å². The molecule has 0 amide bonds. The summed E-state index contributed by atoms with van der Waals surface area (Å²) >= 11 is 3.61. The molecule has 2 saturated heterocycles. The molecule has 0 bridgehead atoms. The Labute approximate surface area is 137 Å². The fourth-order valence-corrected chi connectivity index (χ4v) is 7.25. The highest BCUT2D eigenvalue weighted by atomic mass is 79.9. The molecule has 0 aromatic heterocycles. The van der Waals surface area contributed by atoms with Gasteiger partial charge in [0.25, 0.3) is 0 Å². The van der Waals surface area contributed by atoms with Gasteiger partial charge in [0.1, 0.15) is 0 Å². The van der Waals surface area contributed by atoms with Crippen LogP contribution in [0.1, 0.15) is 57.8 Å². The fraction of sp³-hybridized carbons (Fsp3) is 1.00. The highest BCUT2D eigenvalue weighted by Gasteiger charge is 2.42. The van der Waals surface area contributed by atoms with E-state index in [1.165, 1.54) is 44.9 Å². The lowest BCUT2D eigenvalue weighted by atomic mass is 9.82. The van der Waals surface area contributed by atoms with Crippen molar-refractivity contribution in [2.45, 2.75) is 69.5 Å². The van der Waals surface area contributed by atoms with Crippen LogP contribution in [0.3, 0.4) is 0 Å². The van der Waals surface area contributed by atoms with E-state index >= 15 is 0 Å². The van der Waals surface area contributed by atoms with Crippen LogP contribution in [-0.2, 0) is 14.6 Å². The smallest absolute Gasteiger partial charge is 0.150 e. The second-order valence-electron chi connectivity index (χ2n) is 7.34. The minimum Gasteiger partial charge on any atom is -0.372 e. The Balaban J connectivity index is 1.56. The quantitative estimate of drug-likeness (QED) is 0.700. The van der Waals surface area contributed by atoms with Gasteiger partial charge in [-0.25, -0.2) is 8.42 Å². The topological polar surface area (TPSA) is 43.4 Å². The fourth-order valence-electron chi connectivity index (χ4n) is 4.54. The van der Waals surface area contributed by atoms with E-state index < -0.39 is 9.84 Å². The monoisotopic (exact) mass is 378 g/mol. The van der Waals surface area contributed by atoms with Crippen LogP contribution >= 0.6 is 15.9 Å². The molecule has 0 radical (unpaired) electrons.